The molecule has 6 heteroatoms. The van der Waals surface area contributed by atoms with Crippen LogP contribution in [0.4, 0.5) is 0 Å². The van der Waals surface area contributed by atoms with Gasteiger partial charge in [-0.05, 0) is 46.2 Å². The van der Waals surface area contributed by atoms with Crippen molar-refractivity contribution in [2.24, 2.45) is 0 Å². The monoisotopic (exact) mass is 516 g/mol. The van der Waals surface area contributed by atoms with Gasteiger partial charge < -0.3 is 25.5 Å². The number of rotatable bonds is 3. The first-order valence-electron chi connectivity index (χ1n) is 12.1. The molecule has 0 aliphatic carbocycles. The number of carbonyl (C=O) groups is 1. The fraction of sp³-hybridized carbons (Fsp3) is 0. The van der Waals surface area contributed by atoms with Gasteiger partial charge in [-0.2, -0.15) is 0 Å². The summed E-state index contributed by atoms with van der Waals surface area (Å²) in [5, 5.41) is 51.3. The molecular weight excluding hydrogens is 492 g/mol. The molecule has 0 atom stereocenters. The van der Waals surface area contributed by atoms with Gasteiger partial charge in [-0.25, -0.2) is 4.79 Å². The molecule has 0 spiro atoms. The fourth-order valence-electron chi connectivity index (χ4n) is 4.79. The normalized spacial score (nSPS) is 10.7. The lowest BCUT2D eigenvalue weighted by Gasteiger charge is -2.19. The molecule has 0 heterocycles. The average Bonchev–Trinajstić information content (AvgIpc) is 2.96. The summed E-state index contributed by atoms with van der Waals surface area (Å²) >= 11 is 0. The second-order valence-electron chi connectivity index (χ2n) is 8.86. The molecular formula is C33H24O6. The number of carboxylic acids is 1. The largest absolute Gasteiger partial charge is 0.507 e. The Hall–Kier alpha value is -5.49. The minimum absolute atomic E-state index is 0.162. The third-order valence-electron chi connectivity index (χ3n) is 6.50. The van der Waals surface area contributed by atoms with Gasteiger partial charge in [-0.15, -0.1) is 0 Å². The standard InChI is InChI=1S/C26H18O2.C7H6O4/c27-21-15-16-22(28)26-24(18-11-5-2-6-12-18)20-14-8-7-13-19(20)23(25(21)26)17-9-3-1-4-10-17;8-5-3-1-2-4(6(5)9)7(10)11/h1-16,27-28H;1-3,8-9H,(H,10,11). The fourth-order valence-corrected chi connectivity index (χ4v) is 4.79. The van der Waals surface area contributed by atoms with Crippen molar-refractivity contribution in [1.29, 1.82) is 0 Å². The first-order valence-corrected chi connectivity index (χ1v) is 12.1. The third kappa shape index (κ3) is 4.67. The van der Waals surface area contributed by atoms with Crippen molar-refractivity contribution in [2.75, 3.05) is 0 Å². The average molecular weight is 517 g/mol. The molecule has 6 aromatic rings. The van der Waals surface area contributed by atoms with Crippen molar-refractivity contribution in [3.63, 3.8) is 0 Å². The van der Waals surface area contributed by atoms with Gasteiger partial charge in [-0.3, -0.25) is 0 Å². The Bertz CT molecular complexity index is 1710. The van der Waals surface area contributed by atoms with E-state index in [2.05, 4.69) is 12.1 Å². The van der Waals surface area contributed by atoms with Crippen LogP contribution in [0, 0.1) is 0 Å². The molecule has 0 saturated carbocycles. The van der Waals surface area contributed by atoms with E-state index in [0.717, 1.165) is 33.0 Å². The number of para-hydroxylation sites is 1. The number of hydrogen-bond donors (Lipinski definition) is 5. The van der Waals surface area contributed by atoms with Crippen LogP contribution < -0.4 is 0 Å². The van der Waals surface area contributed by atoms with Crippen LogP contribution in [0.15, 0.2) is 115 Å². The van der Waals surface area contributed by atoms with E-state index in [1.807, 2.05) is 72.8 Å². The number of fused-ring (bicyclic) bond motifs is 2. The van der Waals surface area contributed by atoms with E-state index in [4.69, 9.17) is 15.3 Å². The van der Waals surface area contributed by atoms with Crippen molar-refractivity contribution < 1.29 is 30.3 Å². The second-order valence-corrected chi connectivity index (χ2v) is 8.86. The number of benzene rings is 6. The molecule has 192 valence electrons. The minimum atomic E-state index is -1.27. The summed E-state index contributed by atoms with van der Waals surface area (Å²) in [5.41, 5.74) is 3.57. The lowest BCUT2D eigenvalue weighted by molar-refractivity contribution is 0.0693. The van der Waals surface area contributed by atoms with Crippen LogP contribution in [0.1, 0.15) is 10.4 Å². The van der Waals surface area contributed by atoms with Gasteiger partial charge in [0.25, 0.3) is 0 Å². The molecule has 0 saturated heterocycles. The van der Waals surface area contributed by atoms with E-state index in [1.54, 1.807) is 12.1 Å². The summed E-state index contributed by atoms with van der Waals surface area (Å²) in [6.45, 7) is 0. The highest BCUT2D eigenvalue weighted by Gasteiger charge is 2.21. The number of phenols is 4. The molecule has 39 heavy (non-hydrogen) atoms. The second kappa shape index (κ2) is 10.5. The van der Waals surface area contributed by atoms with Crippen molar-refractivity contribution >= 4 is 27.5 Å². The predicted molar refractivity (Wildman–Crippen MR) is 152 cm³/mol. The van der Waals surface area contributed by atoms with Crippen LogP contribution in [0.2, 0.25) is 0 Å². The van der Waals surface area contributed by atoms with E-state index < -0.39 is 17.5 Å². The zero-order chi connectivity index (χ0) is 27.5. The van der Waals surface area contributed by atoms with Crippen molar-refractivity contribution in [1.82, 2.24) is 0 Å². The van der Waals surface area contributed by atoms with E-state index in [1.165, 1.54) is 18.2 Å². The third-order valence-corrected chi connectivity index (χ3v) is 6.50. The Morgan fingerprint density at radius 3 is 1.31 bits per heavy atom. The van der Waals surface area contributed by atoms with Crippen LogP contribution in [0.3, 0.4) is 0 Å². The SMILES string of the molecule is O=C(O)c1cccc(O)c1O.Oc1ccc(O)c2c(-c3ccccc3)c3ccccc3c(-c3ccccc3)c12. The Morgan fingerprint density at radius 2 is 0.897 bits per heavy atom. The number of carboxylic acid groups (broad SMARTS) is 1. The Labute approximate surface area is 223 Å². The zero-order valence-electron chi connectivity index (χ0n) is 20.6. The highest BCUT2D eigenvalue weighted by Crippen LogP contribution is 2.49. The van der Waals surface area contributed by atoms with E-state index in [0.29, 0.717) is 10.8 Å². The van der Waals surface area contributed by atoms with Gasteiger partial charge >= 0.3 is 5.97 Å². The van der Waals surface area contributed by atoms with Gasteiger partial charge in [0.05, 0.1) is 0 Å². The van der Waals surface area contributed by atoms with Gasteiger partial charge in [0.15, 0.2) is 11.5 Å². The maximum Gasteiger partial charge on any atom is 0.339 e. The molecule has 6 rings (SSSR count). The topological polar surface area (TPSA) is 118 Å². The maximum atomic E-state index is 10.9. The maximum absolute atomic E-state index is 10.9. The number of hydrogen-bond acceptors (Lipinski definition) is 5. The van der Waals surface area contributed by atoms with Gasteiger partial charge in [0.1, 0.15) is 17.1 Å². The van der Waals surface area contributed by atoms with Gasteiger partial charge in [0.2, 0.25) is 0 Å². The summed E-state index contributed by atoms with van der Waals surface area (Å²) < 4.78 is 0. The quantitative estimate of drug-likeness (QED) is 0.0942. The van der Waals surface area contributed by atoms with Crippen LogP contribution in [0.5, 0.6) is 23.0 Å². The Kier molecular flexibility index (Phi) is 6.76. The molecule has 0 aliphatic rings. The molecule has 0 fully saturated rings. The highest BCUT2D eigenvalue weighted by atomic mass is 16.4. The first-order chi connectivity index (χ1) is 18.9. The van der Waals surface area contributed by atoms with Crippen molar-refractivity contribution in [3.8, 4) is 45.3 Å². The molecule has 6 nitrogen and oxygen atoms in total. The van der Waals surface area contributed by atoms with Gasteiger partial charge in [0, 0.05) is 21.9 Å². The molecule has 0 amide bonds. The van der Waals surface area contributed by atoms with Gasteiger partial charge in [-0.1, -0.05) is 91.0 Å². The minimum Gasteiger partial charge on any atom is -0.507 e. The molecule has 0 unspecified atom stereocenters. The van der Waals surface area contributed by atoms with Crippen LogP contribution >= 0.6 is 0 Å². The first kappa shape index (κ1) is 25.2. The number of aromatic hydroxyl groups is 4. The Balaban J connectivity index is 0.000000237. The van der Waals surface area contributed by atoms with Crippen LogP contribution in [0.25, 0.3) is 43.8 Å². The Morgan fingerprint density at radius 1 is 0.462 bits per heavy atom. The summed E-state index contributed by atoms with van der Waals surface area (Å²) in [7, 11) is 0. The van der Waals surface area contributed by atoms with E-state index in [-0.39, 0.29) is 17.1 Å². The van der Waals surface area contributed by atoms with Crippen LogP contribution in [-0.2, 0) is 0 Å². The summed E-state index contributed by atoms with van der Waals surface area (Å²) in [5.74, 6) is -1.97. The molecule has 0 radical (unpaired) electrons. The van der Waals surface area contributed by atoms with Crippen LogP contribution in [-0.4, -0.2) is 31.5 Å². The van der Waals surface area contributed by atoms with Crippen molar-refractivity contribution in [3.05, 3.63) is 121 Å². The lowest BCUT2D eigenvalue weighted by atomic mass is 9.85. The van der Waals surface area contributed by atoms with E-state index in [9.17, 15) is 15.0 Å². The smallest absolute Gasteiger partial charge is 0.339 e. The molecule has 0 bridgehead atoms. The molecule has 0 aromatic heterocycles. The summed E-state index contributed by atoms with van der Waals surface area (Å²) in [6.07, 6.45) is 0. The number of phenolic OH excluding ortho intramolecular Hbond substituents is 3. The summed E-state index contributed by atoms with van der Waals surface area (Å²) in [6, 6.07) is 35.1. The zero-order valence-corrected chi connectivity index (χ0v) is 20.6. The summed E-state index contributed by atoms with van der Waals surface area (Å²) in [4.78, 5) is 10.3. The van der Waals surface area contributed by atoms with Crippen molar-refractivity contribution in [2.45, 2.75) is 0 Å². The molecule has 0 aliphatic heterocycles. The highest BCUT2D eigenvalue weighted by molar-refractivity contribution is 6.24. The number of aromatic carboxylic acids is 1. The molecule has 6 aromatic carbocycles. The van der Waals surface area contributed by atoms with E-state index >= 15 is 0 Å². The predicted octanol–water partition coefficient (Wildman–Crippen LogP) is 7.53. The lowest BCUT2D eigenvalue weighted by Crippen LogP contribution is -1.95. The molecule has 5 N–H and O–H groups in total.